The summed E-state index contributed by atoms with van der Waals surface area (Å²) in [5, 5.41) is 6.51. The molecule has 6 nitrogen and oxygen atoms in total. The number of fused-ring (bicyclic) bond motifs is 4. The largest absolute Gasteiger partial charge is 0.253 e. The van der Waals surface area contributed by atoms with Crippen molar-refractivity contribution in [1.29, 1.82) is 0 Å². The van der Waals surface area contributed by atoms with E-state index in [-0.39, 0.29) is 0 Å². The van der Waals surface area contributed by atoms with Gasteiger partial charge in [-0.15, -0.1) is 5.10 Å². The lowest BCUT2D eigenvalue weighted by molar-refractivity contribution is 0.957. The molecule has 5 aromatic rings. The van der Waals surface area contributed by atoms with Crippen LogP contribution in [0, 0.1) is 6.92 Å². The molecule has 0 amide bonds. The molecule has 0 atom stereocenters. The molecule has 26 heavy (non-hydrogen) atoms. The van der Waals surface area contributed by atoms with E-state index in [2.05, 4.69) is 25.0 Å². The van der Waals surface area contributed by atoms with Crippen molar-refractivity contribution in [2.24, 2.45) is 0 Å². The van der Waals surface area contributed by atoms with Crippen molar-refractivity contribution in [2.45, 2.75) is 6.92 Å². The second-order valence-corrected chi connectivity index (χ2v) is 6.06. The van der Waals surface area contributed by atoms with Crippen LogP contribution in [0.5, 0.6) is 0 Å². The molecule has 5 heterocycles. The number of hydrogen-bond acceptors (Lipinski definition) is 5. The predicted molar refractivity (Wildman–Crippen MR) is 101 cm³/mol. The fourth-order valence-electron chi connectivity index (χ4n) is 2.95. The smallest absolute Gasteiger partial charge is 0.175 e. The van der Waals surface area contributed by atoms with Crippen molar-refractivity contribution in [3.05, 3.63) is 72.1 Å². The lowest BCUT2D eigenvalue weighted by Crippen LogP contribution is -1.90. The topological polar surface area (TPSA) is 68.9 Å². The van der Waals surface area contributed by atoms with E-state index in [0.29, 0.717) is 5.82 Å². The molecule has 0 radical (unpaired) electrons. The Hall–Kier alpha value is -3.67. The molecule has 5 aromatic heterocycles. The second-order valence-electron chi connectivity index (χ2n) is 6.06. The first-order valence-corrected chi connectivity index (χ1v) is 8.29. The van der Waals surface area contributed by atoms with Gasteiger partial charge in [0.15, 0.2) is 17.1 Å². The number of aryl methyl sites for hydroxylation is 1. The fraction of sp³-hybridized carbons (Fsp3) is 0.0500. The zero-order chi connectivity index (χ0) is 17.5. The van der Waals surface area contributed by atoms with Crippen molar-refractivity contribution in [2.75, 3.05) is 0 Å². The standard InChI is InChI=1S/C20H14N6/c1-13-4-8-16-17(22-13)10-12-26-20(16)24-18(25-26)9-7-15-6-5-14-3-2-11-21-19(14)23-15/h2-12H,1H3. The van der Waals surface area contributed by atoms with Crippen molar-refractivity contribution in [3.8, 4) is 0 Å². The van der Waals surface area contributed by atoms with Crippen LogP contribution < -0.4 is 0 Å². The van der Waals surface area contributed by atoms with E-state index < -0.39 is 0 Å². The highest BCUT2D eigenvalue weighted by molar-refractivity contribution is 5.91. The molecule has 0 spiro atoms. The molecule has 6 heteroatoms. The van der Waals surface area contributed by atoms with E-state index in [1.807, 2.05) is 67.7 Å². The van der Waals surface area contributed by atoms with E-state index in [1.165, 1.54) is 0 Å². The molecule has 0 aliphatic heterocycles. The normalized spacial score (nSPS) is 11.9. The third-order valence-electron chi connectivity index (χ3n) is 4.21. The molecular formula is C20H14N6. The van der Waals surface area contributed by atoms with Gasteiger partial charge in [0, 0.05) is 28.9 Å². The van der Waals surface area contributed by atoms with E-state index >= 15 is 0 Å². The lowest BCUT2D eigenvalue weighted by Gasteiger charge is -1.99. The average molecular weight is 338 g/mol. The molecule has 0 aliphatic carbocycles. The predicted octanol–water partition coefficient (Wildman–Crippen LogP) is 3.70. The van der Waals surface area contributed by atoms with Gasteiger partial charge in [-0.05, 0) is 61.5 Å². The average Bonchev–Trinajstić information content (AvgIpc) is 3.09. The molecule has 124 valence electrons. The summed E-state index contributed by atoms with van der Waals surface area (Å²) in [6.07, 6.45) is 7.38. The van der Waals surface area contributed by atoms with Gasteiger partial charge in [0.1, 0.15) is 0 Å². The first kappa shape index (κ1) is 14.7. The molecule has 0 N–H and O–H groups in total. The van der Waals surface area contributed by atoms with Crippen molar-refractivity contribution >= 4 is 39.7 Å². The Morgan fingerprint density at radius 1 is 0.923 bits per heavy atom. The van der Waals surface area contributed by atoms with Crippen LogP contribution in [0.1, 0.15) is 17.2 Å². The van der Waals surface area contributed by atoms with E-state index in [4.69, 9.17) is 0 Å². The molecule has 0 aromatic carbocycles. The minimum atomic E-state index is 0.626. The quantitative estimate of drug-likeness (QED) is 0.491. The number of nitrogens with zero attached hydrogens (tertiary/aromatic N) is 6. The second kappa shape index (κ2) is 5.70. The summed E-state index contributed by atoms with van der Waals surface area (Å²) in [6, 6.07) is 13.8. The summed E-state index contributed by atoms with van der Waals surface area (Å²) in [7, 11) is 0. The molecule has 0 unspecified atom stereocenters. The van der Waals surface area contributed by atoms with Gasteiger partial charge in [-0.2, -0.15) is 0 Å². The summed E-state index contributed by atoms with van der Waals surface area (Å²) in [6.45, 7) is 1.98. The van der Waals surface area contributed by atoms with Crippen LogP contribution in [0.4, 0.5) is 0 Å². The van der Waals surface area contributed by atoms with Gasteiger partial charge < -0.3 is 0 Å². The first-order chi connectivity index (χ1) is 12.8. The van der Waals surface area contributed by atoms with Crippen LogP contribution in [0.2, 0.25) is 0 Å². The Morgan fingerprint density at radius 2 is 1.88 bits per heavy atom. The monoisotopic (exact) mass is 338 g/mol. The van der Waals surface area contributed by atoms with Crippen LogP contribution in [-0.4, -0.2) is 29.5 Å². The molecule has 0 saturated carbocycles. The van der Waals surface area contributed by atoms with Gasteiger partial charge in [0.05, 0.1) is 11.2 Å². The Labute approximate surface area is 148 Å². The van der Waals surface area contributed by atoms with E-state index in [1.54, 1.807) is 10.7 Å². The van der Waals surface area contributed by atoms with Gasteiger partial charge in [-0.1, -0.05) is 0 Å². The SMILES string of the molecule is Cc1ccc2c(ccn3nc(C=Cc4ccc5cccnc5n4)nc23)n1. The summed E-state index contributed by atoms with van der Waals surface area (Å²) in [4.78, 5) is 18.0. The van der Waals surface area contributed by atoms with Crippen LogP contribution in [-0.2, 0) is 0 Å². The van der Waals surface area contributed by atoms with E-state index in [0.717, 1.165) is 39.0 Å². The van der Waals surface area contributed by atoms with Gasteiger partial charge in [-0.25, -0.2) is 19.5 Å². The Balaban J connectivity index is 1.55. The van der Waals surface area contributed by atoms with Crippen LogP contribution in [0.15, 0.2) is 54.9 Å². The summed E-state index contributed by atoms with van der Waals surface area (Å²) in [5.41, 5.74) is 4.24. The molecule has 0 saturated heterocycles. The molecule has 0 bridgehead atoms. The minimum absolute atomic E-state index is 0.626. The molecule has 0 fully saturated rings. The highest BCUT2D eigenvalue weighted by atomic mass is 15.3. The van der Waals surface area contributed by atoms with Crippen LogP contribution >= 0.6 is 0 Å². The number of hydrogen-bond donors (Lipinski definition) is 0. The van der Waals surface area contributed by atoms with Crippen molar-refractivity contribution in [3.63, 3.8) is 0 Å². The highest BCUT2D eigenvalue weighted by Crippen LogP contribution is 2.18. The van der Waals surface area contributed by atoms with Gasteiger partial charge in [0.25, 0.3) is 0 Å². The third-order valence-corrected chi connectivity index (χ3v) is 4.21. The van der Waals surface area contributed by atoms with Crippen molar-refractivity contribution < 1.29 is 0 Å². The summed E-state index contributed by atoms with van der Waals surface area (Å²) in [5.74, 6) is 0.626. The first-order valence-electron chi connectivity index (χ1n) is 8.29. The highest BCUT2D eigenvalue weighted by Gasteiger charge is 2.06. The van der Waals surface area contributed by atoms with Gasteiger partial charge >= 0.3 is 0 Å². The Kier molecular flexibility index (Phi) is 3.21. The number of aromatic nitrogens is 6. The van der Waals surface area contributed by atoms with Crippen molar-refractivity contribution in [1.82, 2.24) is 29.5 Å². The molecule has 0 aliphatic rings. The Morgan fingerprint density at radius 3 is 2.85 bits per heavy atom. The molecular weight excluding hydrogens is 324 g/mol. The Bertz CT molecular complexity index is 1300. The van der Waals surface area contributed by atoms with Crippen LogP contribution in [0.25, 0.3) is 39.7 Å². The third kappa shape index (κ3) is 2.48. The maximum atomic E-state index is 4.63. The lowest BCUT2D eigenvalue weighted by atomic mass is 10.2. The van der Waals surface area contributed by atoms with Gasteiger partial charge in [0.2, 0.25) is 0 Å². The minimum Gasteiger partial charge on any atom is -0.253 e. The van der Waals surface area contributed by atoms with E-state index in [9.17, 15) is 0 Å². The fourth-order valence-corrected chi connectivity index (χ4v) is 2.95. The summed E-state index contributed by atoms with van der Waals surface area (Å²) >= 11 is 0. The zero-order valence-electron chi connectivity index (χ0n) is 14.0. The molecule has 5 rings (SSSR count). The zero-order valence-corrected chi connectivity index (χ0v) is 14.0. The van der Waals surface area contributed by atoms with Gasteiger partial charge in [-0.3, -0.25) is 4.98 Å². The number of rotatable bonds is 2. The summed E-state index contributed by atoms with van der Waals surface area (Å²) < 4.78 is 1.77. The maximum Gasteiger partial charge on any atom is 0.175 e. The van der Waals surface area contributed by atoms with Crippen LogP contribution in [0.3, 0.4) is 0 Å². The maximum absolute atomic E-state index is 4.63. The number of pyridine rings is 4.